The van der Waals surface area contributed by atoms with Crippen LogP contribution in [0, 0.1) is 0 Å². The second kappa shape index (κ2) is 3.04. The van der Waals surface area contributed by atoms with E-state index in [0.717, 1.165) is 0 Å². The van der Waals surface area contributed by atoms with Crippen molar-refractivity contribution >= 4 is 31.4 Å². The lowest BCUT2D eigenvalue weighted by molar-refractivity contribution is 0.734. The van der Waals surface area contributed by atoms with Crippen molar-refractivity contribution in [2.45, 2.75) is 30.4 Å². The lowest BCUT2D eigenvalue weighted by atomic mass is 10.2. The molecule has 50 valence electrons. The molecule has 0 aliphatic heterocycles. The van der Waals surface area contributed by atoms with Crippen LogP contribution in [0.1, 0.15) is 13.8 Å². The molecule has 0 heterocycles. The molecule has 0 fully saturated rings. The minimum absolute atomic E-state index is 0.0343. The molecule has 0 spiro atoms. The largest absolute Gasteiger partial charge is 0.127 e. The van der Waals surface area contributed by atoms with Crippen LogP contribution in [0.5, 0.6) is 0 Å². The maximum absolute atomic E-state index is 6.04. The summed E-state index contributed by atoms with van der Waals surface area (Å²) in [4.78, 5) is 0. The van der Waals surface area contributed by atoms with Gasteiger partial charge in [-0.1, -0.05) is 20.4 Å². The van der Waals surface area contributed by atoms with E-state index in [-0.39, 0.29) is 9.52 Å². The van der Waals surface area contributed by atoms with Crippen molar-refractivity contribution in [2.24, 2.45) is 0 Å². The summed E-state index contributed by atoms with van der Waals surface area (Å²) in [7, 11) is 1.26. The van der Waals surface area contributed by atoms with Gasteiger partial charge < -0.3 is 0 Å². The first kappa shape index (κ1) is 8.72. The van der Waals surface area contributed by atoms with Crippen LogP contribution in [0.15, 0.2) is 0 Å². The summed E-state index contributed by atoms with van der Waals surface area (Å²) in [6.07, 6.45) is 0. The van der Waals surface area contributed by atoms with Crippen LogP contribution in [0.4, 0.5) is 0 Å². The van der Waals surface area contributed by atoms with Gasteiger partial charge in [0.1, 0.15) is 0 Å². The van der Waals surface area contributed by atoms with Gasteiger partial charge >= 0.3 is 0 Å². The van der Waals surface area contributed by atoms with Crippen molar-refractivity contribution in [1.82, 2.24) is 0 Å². The molecule has 0 rings (SSSR count). The van der Waals surface area contributed by atoms with Crippen LogP contribution in [0.2, 0.25) is 11.6 Å². The van der Waals surface area contributed by atoms with Crippen molar-refractivity contribution in [3.05, 3.63) is 0 Å². The highest BCUT2D eigenvalue weighted by molar-refractivity contribution is 6.55. The van der Waals surface area contributed by atoms with Gasteiger partial charge in [0.05, 0.1) is 0 Å². The van der Waals surface area contributed by atoms with Crippen molar-refractivity contribution in [2.75, 3.05) is 0 Å². The molecule has 0 aromatic carbocycles. The summed E-state index contributed by atoms with van der Waals surface area (Å²) < 4.78 is 0. The van der Waals surface area contributed by atoms with Crippen LogP contribution in [-0.2, 0) is 0 Å². The summed E-state index contributed by atoms with van der Waals surface area (Å²) >= 11 is 6.04. The molecule has 1 atom stereocenters. The third-order valence-corrected chi connectivity index (χ3v) is 6.70. The van der Waals surface area contributed by atoms with E-state index in [0.29, 0.717) is 10.0 Å². The molecule has 8 heavy (non-hydrogen) atoms. The van der Waals surface area contributed by atoms with Crippen LogP contribution < -0.4 is 0 Å². The molecule has 0 bridgehead atoms. The standard InChI is InChI=1S/C5H15ClSi2/c1-5(2,7)4(6)8-3/h4H,8H2,1-3,7H3. The van der Waals surface area contributed by atoms with Gasteiger partial charge in [0.25, 0.3) is 0 Å². The van der Waals surface area contributed by atoms with Crippen LogP contribution in [-0.4, -0.2) is 24.8 Å². The molecule has 0 nitrogen and oxygen atoms in total. The molecule has 0 aromatic rings. The summed E-state index contributed by atoms with van der Waals surface area (Å²) in [5.41, 5.74) is 0. The molecular formula is C5H15ClSi2. The Morgan fingerprint density at radius 3 is 2.00 bits per heavy atom. The Labute approximate surface area is 62.2 Å². The van der Waals surface area contributed by atoms with E-state index >= 15 is 0 Å². The summed E-state index contributed by atoms with van der Waals surface area (Å²) in [6, 6.07) is 0. The van der Waals surface area contributed by atoms with Crippen LogP contribution in [0.25, 0.3) is 0 Å². The molecule has 0 aromatic heterocycles. The van der Waals surface area contributed by atoms with Crippen molar-refractivity contribution < 1.29 is 0 Å². The first-order chi connectivity index (χ1) is 3.48. The Balaban J connectivity index is 3.62. The second-order valence-electron chi connectivity index (χ2n) is 3.24. The van der Waals surface area contributed by atoms with E-state index < -0.39 is 0 Å². The molecule has 1 unspecified atom stereocenters. The van der Waals surface area contributed by atoms with Gasteiger partial charge in [0.15, 0.2) is 0 Å². The van der Waals surface area contributed by atoms with Crippen LogP contribution in [0.3, 0.4) is 0 Å². The van der Waals surface area contributed by atoms with Crippen molar-refractivity contribution in [3.63, 3.8) is 0 Å². The van der Waals surface area contributed by atoms with Crippen LogP contribution >= 0.6 is 11.6 Å². The fourth-order valence-corrected chi connectivity index (χ4v) is 3.06. The average molecular weight is 167 g/mol. The highest BCUT2D eigenvalue weighted by Gasteiger charge is 2.19. The quantitative estimate of drug-likeness (QED) is 0.410. The van der Waals surface area contributed by atoms with Gasteiger partial charge in [-0.15, -0.1) is 11.6 Å². The molecule has 0 radical (unpaired) electrons. The molecule has 0 saturated carbocycles. The second-order valence-corrected chi connectivity index (χ2v) is 8.50. The molecule has 0 aliphatic rings. The highest BCUT2D eigenvalue weighted by atomic mass is 35.5. The molecule has 0 aliphatic carbocycles. The molecule has 3 heteroatoms. The normalized spacial score (nSPS) is 18.0. The smallest absolute Gasteiger partial charge is 0.0390 e. The Hall–Kier alpha value is 0.724. The number of hydrogen-bond acceptors (Lipinski definition) is 0. The predicted molar refractivity (Wildman–Crippen MR) is 48.0 cm³/mol. The predicted octanol–water partition coefficient (Wildman–Crippen LogP) is 0.332. The van der Waals surface area contributed by atoms with Gasteiger partial charge in [-0.3, -0.25) is 0 Å². The van der Waals surface area contributed by atoms with Gasteiger partial charge in [-0.2, -0.15) is 0 Å². The first-order valence-corrected chi connectivity index (χ1v) is 6.79. The first-order valence-electron chi connectivity index (χ1n) is 3.12. The molecule has 0 amide bonds. The number of hydrogen-bond donors (Lipinski definition) is 0. The lowest BCUT2D eigenvalue weighted by Crippen LogP contribution is -2.21. The third kappa shape index (κ3) is 2.89. The Morgan fingerprint density at radius 2 is 2.00 bits per heavy atom. The number of halogens is 1. The summed E-state index contributed by atoms with van der Waals surface area (Å²) in [5, 5.41) is 0.997. The third-order valence-electron chi connectivity index (χ3n) is 1.30. The SMILES string of the molecule is C[SiH2]C(Cl)C(C)(C)[SiH3]. The zero-order chi connectivity index (χ0) is 6.78. The van der Waals surface area contributed by atoms with E-state index in [9.17, 15) is 0 Å². The average Bonchev–Trinajstić information content (AvgIpc) is 1.62. The van der Waals surface area contributed by atoms with E-state index in [1.54, 1.807) is 0 Å². The summed E-state index contributed by atoms with van der Waals surface area (Å²) in [6.45, 7) is 6.79. The maximum Gasteiger partial charge on any atom is 0.0390 e. The maximum atomic E-state index is 6.04. The summed E-state index contributed by atoms with van der Waals surface area (Å²) in [5.74, 6) is 0. The van der Waals surface area contributed by atoms with Gasteiger partial charge in [-0.25, -0.2) is 0 Å². The topological polar surface area (TPSA) is 0 Å². The molecule has 0 saturated heterocycles. The van der Waals surface area contributed by atoms with E-state index in [1.165, 1.54) is 10.2 Å². The number of alkyl halides is 1. The van der Waals surface area contributed by atoms with E-state index in [2.05, 4.69) is 20.4 Å². The number of rotatable bonds is 2. The minimum Gasteiger partial charge on any atom is -0.127 e. The van der Waals surface area contributed by atoms with Gasteiger partial charge in [0.2, 0.25) is 0 Å². The highest BCUT2D eigenvalue weighted by Crippen LogP contribution is 2.27. The lowest BCUT2D eigenvalue weighted by Gasteiger charge is -2.23. The minimum atomic E-state index is 0.0343. The fourth-order valence-electron chi connectivity index (χ4n) is 0.612. The molecule has 0 N–H and O–H groups in total. The van der Waals surface area contributed by atoms with Crippen molar-refractivity contribution in [3.8, 4) is 0 Å². The van der Waals surface area contributed by atoms with Gasteiger partial charge in [0, 0.05) is 24.8 Å². The van der Waals surface area contributed by atoms with Crippen molar-refractivity contribution in [1.29, 1.82) is 0 Å². The fraction of sp³-hybridized carbons (Fsp3) is 1.00. The zero-order valence-corrected chi connectivity index (χ0v) is 10.3. The molecular weight excluding hydrogens is 152 g/mol. The van der Waals surface area contributed by atoms with E-state index in [1.807, 2.05) is 0 Å². The Kier molecular flexibility index (Phi) is 3.31. The van der Waals surface area contributed by atoms with Gasteiger partial charge in [-0.05, 0) is 5.04 Å². The van der Waals surface area contributed by atoms with E-state index in [4.69, 9.17) is 11.6 Å². The Bertz CT molecular complexity index is 67.3. The monoisotopic (exact) mass is 166 g/mol. The zero-order valence-electron chi connectivity index (χ0n) is 6.16. The Morgan fingerprint density at radius 1 is 1.62 bits per heavy atom.